The lowest BCUT2D eigenvalue weighted by molar-refractivity contribution is 0.178. The van der Waals surface area contributed by atoms with Crippen molar-refractivity contribution in [3.05, 3.63) is 20.8 Å². The number of hydrogen-bond acceptors (Lipinski definition) is 5. The van der Waals surface area contributed by atoms with Crippen LogP contribution in [-0.2, 0) is 0 Å². The number of nitrogens with one attached hydrogen (secondary N) is 3. The third-order valence-corrected chi connectivity index (χ3v) is 2.78. The predicted octanol–water partition coefficient (Wildman–Crippen LogP) is -0.969. The molecule has 2 rings (SSSR count). The number of aromatic amines is 2. The first-order valence-electron chi connectivity index (χ1n) is 5.26. The molecule has 88 valence electrons. The Hall–Kier alpha value is -1.63. The largest absolute Gasteiger partial charge is 0.393 e. The van der Waals surface area contributed by atoms with E-state index in [1.54, 1.807) is 0 Å². The number of nitrogens with zero attached hydrogens (tertiary/aromatic N) is 1. The second kappa shape index (κ2) is 4.48. The average Bonchev–Trinajstić information content (AvgIpc) is 2.63. The van der Waals surface area contributed by atoms with Crippen LogP contribution in [0.25, 0.3) is 0 Å². The summed E-state index contributed by atoms with van der Waals surface area (Å²) < 4.78 is 0. The van der Waals surface area contributed by atoms with Gasteiger partial charge in [0, 0.05) is 6.54 Å². The fourth-order valence-electron chi connectivity index (χ4n) is 1.94. The molecular weight excluding hydrogens is 212 g/mol. The van der Waals surface area contributed by atoms with E-state index in [-0.39, 0.29) is 11.9 Å². The summed E-state index contributed by atoms with van der Waals surface area (Å²) in [6, 6.07) is 0. The van der Waals surface area contributed by atoms with Crippen molar-refractivity contribution in [2.24, 2.45) is 5.92 Å². The molecule has 2 unspecified atom stereocenters. The van der Waals surface area contributed by atoms with E-state index in [4.69, 9.17) is 0 Å². The van der Waals surface area contributed by atoms with Gasteiger partial charge in [-0.1, -0.05) is 0 Å². The van der Waals surface area contributed by atoms with Crippen LogP contribution in [-0.4, -0.2) is 32.9 Å². The molecule has 7 heteroatoms. The fraction of sp³-hybridized carbons (Fsp3) is 0.667. The number of rotatable bonds is 3. The van der Waals surface area contributed by atoms with Gasteiger partial charge in [0.2, 0.25) is 5.82 Å². The van der Waals surface area contributed by atoms with Crippen LogP contribution in [0.5, 0.6) is 0 Å². The standard InChI is InChI=1S/C9H14N4O3/c14-6-2-1-5(3-6)4-10-7-8(15)11-9(16)13-12-7/h5-6,14H,1-4H2,(H,10,12)(H2,11,13,15,16). The minimum Gasteiger partial charge on any atom is -0.393 e. The van der Waals surface area contributed by atoms with Crippen LogP contribution < -0.4 is 16.6 Å². The zero-order chi connectivity index (χ0) is 11.5. The summed E-state index contributed by atoms with van der Waals surface area (Å²) in [5.74, 6) is 0.462. The molecule has 16 heavy (non-hydrogen) atoms. The van der Waals surface area contributed by atoms with Crippen LogP contribution in [0.3, 0.4) is 0 Å². The molecule has 0 radical (unpaired) electrons. The van der Waals surface area contributed by atoms with Crippen molar-refractivity contribution in [2.75, 3.05) is 11.9 Å². The van der Waals surface area contributed by atoms with E-state index >= 15 is 0 Å². The van der Waals surface area contributed by atoms with Gasteiger partial charge in [-0.25, -0.2) is 9.89 Å². The third-order valence-electron chi connectivity index (χ3n) is 2.78. The fourth-order valence-corrected chi connectivity index (χ4v) is 1.94. The summed E-state index contributed by atoms with van der Waals surface area (Å²) in [4.78, 5) is 24.1. The van der Waals surface area contributed by atoms with Crippen LogP contribution in [0.15, 0.2) is 9.59 Å². The maximum Gasteiger partial charge on any atom is 0.342 e. The highest BCUT2D eigenvalue weighted by Gasteiger charge is 2.22. The lowest BCUT2D eigenvalue weighted by Gasteiger charge is -2.09. The molecule has 4 N–H and O–H groups in total. The van der Waals surface area contributed by atoms with Crippen LogP contribution in [0.2, 0.25) is 0 Å². The van der Waals surface area contributed by atoms with E-state index in [0.717, 1.165) is 19.3 Å². The Morgan fingerprint density at radius 1 is 1.44 bits per heavy atom. The number of anilines is 1. The zero-order valence-corrected chi connectivity index (χ0v) is 8.69. The second-order valence-electron chi connectivity index (χ2n) is 4.07. The molecule has 0 aliphatic heterocycles. The van der Waals surface area contributed by atoms with Crippen molar-refractivity contribution in [2.45, 2.75) is 25.4 Å². The van der Waals surface area contributed by atoms with Gasteiger partial charge >= 0.3 is 5.69 Å². The average molecular weight is 226 g/mol. The van der Waals surface area contributed by atoms with E-state index in [1.165, 1.54) is 0 Å². The Morgan fingerprint density at radius 2 is 2.25 bits per heavy atom. The van der Waals surface area contributed by atoms with Gasteiger partial charge in [-0.3, -0.25) is 9.78 Å². The van der Waals surface area contributed by atoms with E-state index in [1.807, 2.05) is 0 Å². The number of hydrogen-bond donors (Lipinski definition) is 4. The summed E-state index contributed by atoms with van der Waals surface area (Å²) in [5.41, 5.74) is -1.14. The molecule has 0 aromatic carbocycles. The van der Waals surface area contributed by atoms with Crippen LogP contribution >= 0.6 is 0 Å². The maximum absolute atomic E-state index is 11.3. The van der Waals surface area contributed by atoms with E-state index in [2.05, 4.69) is 20.5 Å². The maximum atomic E-state index is 11.3. The zero-order valence-electron chi connectivity index (χ0n) is 8.69. The first-order valence-corrected chi connectivity index (χ1v) is 5.26. The molecule has 0 amide bonds. The minimum absolute atomic E-state index is 0.112. The predicted molar refractivity (Wildman–Crippen MR) is 57.3 cm³/mol. The topological polar surface area (TPSA) is 111 Å². The van der Waals surface area contributed by atoms with Gasteiger partial charge < -0.3 is 10.4 Å². The van der Waals surface area contributed by atoms with Gasteiger partial charge in [0.25, 0.3) is 5.56 Å². The van der Waals surface area contributed by atoms with Crippen LogP contribution in [0.4, 0.5) is 5.82 Å². The number of H-pyrrole nitrogens is 2. The highest BCUT2D eigenvalue weighted by molar-refractivity contribution is 5.28. The van der Waals surface area contributed by atoms with Crippen molar-refractivity contribution >= 4 is 5.82 Å². The highest BCUT2D eigenvalue weighted by Crippen LogP contribution is 2.24. The molecule has 1 aromatic rings. The molecular formula is C9H14N4O3. The SMILES string of the molecule is O=c1[nH]nc(NCC2CCC(O)C2)c(=O)[nH]1. The van der Waals surface area contributed by atoms with Crippen molar-refractivity contribution in [3.8, 4) is 0 Å². The molecule has 7 nitrogen and oxygen atoms in total. The molecule has 0 saturated heterocycles. The van der Waals surface area contributed by atoms with Gasteiger partial charge in [-0.2, -0.15) is 0 Å². The molecule has 1 fully saturated rings. The Morgan fingerprint density at radius 3 is 2.88 bits per heavy atom. The third kappa shape index (κ3) is 2.48. The summed E-state index contributed by atoms with van der Waals surface area (Å²) in [7, 11) is 0. The van der Waals surface area contributed by atoms with E-state index in [9.17, 15) is 14.7 Å². The number of aliphatic hydroxyl groups is 1. The normalized spacial score (nSPS) is 24.6. The first kappa shape index (κ1) is 10.9. The second-order valence-corrected chi connectivity index (χ2v) is 4.07. The first-order chi connectivity index (χ1) is 7.65. The van der Waals surface area contributed by atoms with Crippen molar-refractivity contribution < 1.29 is 5.11 Å². The molecule has 1 aliphatic rings. The highest BCUT2D eigenvalue weighted by atomic mass is 16.3. The van der Waals surface area contributed by atoms with Gasteiger partial charge in [-0.15, -0.1) is 5.10 Å². The Labute approximate surface area is 90.9 Å². The van der Waals surface area contributed by atoms with Gasteiger partial charge in [0.15, 0.2) is 0 Å². The van der Waals surface area contributed by atoms with Gasteiger partial charge in [0.1, 0.15) is 0 Å². The van der Waals surface area contributed by atoms with Crippen molar-refractivity contribution in [3.63, 3.8) is 0 Å². The number of aliphatic hydroxyl groups excluding tert-OH is 1. The molecule has 1 heterocycles. The number of aromatic nitrogens is 3. The molecule has 0 spiro atoms. The minimum atomic E-state index is -0.619. The molecule has 1 aliphatic carbocycles. The van der Waals surface area contributed by atoms with Crippen LogP contribution in [0.1, 0.15) is 19.3 Å². The lowest BCUT2D eigenvalue weighted by Crippen LogP contribution is -2.28. The van der Waals surface area contributed by atoms with Gasteiger partial charge in [0.05, 0.1) is 6.10 Å². The monoisotopic (exact) mass is 226 g/mol. The van der Waals surface area contributed by atoms with Gasteiger partial charge in [-0.05, 0) is 25.2 Å². The van der Waals surface area contributed by atoms with Crippen LogP contribution in [0, 0.1) is 5.92 Å². The molecule has 1 saturated carbocycles. The van der Waals surface area contributed by atoms with Crippen molar-refractivity contribution in [1.82, 2.24) is 15.2 Å². The lowest BCUT2D eigenvalue weighted by atomic mass is 10.1. The Bertz CT molecular complexity index is 466. The molecule has 2 atom stereocenters. The Kier molecular flexibility index (Phi) is 3.04. The molecule has 1 aromatic heterocycles. The van der Waals surface area contributed by atoms with E-state index in [0.29, 0.717) is 12.5 Å². The quantitative estimate of drug-likeness (QED) is 0.530. The Balaban J connectivity index is 1.95. The smallest absolute Gasteiger partial charge is 0.342 e. The van der Waals surface area contributed by atoms with Crippen molar-refractivity contribution in [1.29, 1.82) is 0 Å². The summed E-state index contributed by atoms with van der Waals surface area (Å²) >= 11 is 0. The van der Waals surface area contributed by atoms with E-state index < -0.39 is 11.2 Å². The molecule has 0 bridgehead atoms. The summed E-state index contributed by atoms with van der Waals surface area (Å²) in [6.07, 6.45) is 2.26. The summed E-state index contributed by atoms with van der Waals surface area (Å²) in [5, 5.41) is 18.0. The summed E-state index contributed by atoms with van der Waals surface area (Å²) in [6.45, 7) is 0.583.